The average molecular weight is 515 g/mol. The second-order valence-corrected chi connectivity index (χ2v) is 11.0. The normalized spacial score (nSPS) is 18.7. The number of nitrogens with two attached hydrogens (primary N) is 1. The SMILES string of the molecule is CN.COC1=CC2CCn3c(C(=O)OC(C)(C)C)cc(-c4cccs4)c3C2C=C1NC(=O)CN(C)C. The first-order valence-corrected chi connectivity index (χ1v) is 13.0. The second-order valence-electron chi connectivity index (χ2n) is 10.0. The minimum absolute atomic E-state index is 0.00408. The highest BCUT2D eigenvalue weighted by atomic mass is 32.1. The zero-order valence-electron chi connectivity index (χ0n) is 22.3. The molecule has 0 saturated heterocycles. The van der Waals surface area contributed by atoms with E-state index in [1.54, 1.807) is 18.4 Å². The van der Waals surface area contributed by atoms with Crippen LogP contribution in [0.25, 0.3) is 10.4 Å². The van der Waals surface area contributed by atoms with Crippen LogP contribution in [0, 0.1) is 5.92 Å². The molecule has 0 fully saturated rings. The molecule has 1 aliphatic carbocycles. The van der Waals surface area contributed by atoms with E-state index in [0.29, 0.717) is 23.7 Å². The highest BCUT2D eigenvalue weighted by Gasteiger charge is 2.37. The molecule has 196 valence electrons. The number of nitrogens with one attached hydrogen (secondary N) is 1. The van der Waals surface area contributed by atoms with Crippen LogP contribution in [0.3, 0.4) is 0 Å². The summed E-state index contributed by atoms with van der Waals surface area (Å²) in [5, 5.41) is 5.06. The van der Waals surface area contributed by atoms with Gasteiger partial charge < -0.3 is 30.0 Å². The van der Waals surface area contributed by atoms with Crippen LogP contribution in [0.2, 0.25) is 0 Å². The van der Waals surface area contributed by atoms with Gasteiger partial charge in [-0.1, -0.05) is 6.07 Å². The number of fused-ring (bicyclic) bond motifs is 3. The Morgan fingerprint density at radius 2 is 1.97 bits per heavy atom. The van der Waals surface area contributed by atoms with Crippen LogP contribution in [-0.2, 0) is 20.8 Å². The summed E-state index contributed by atoms with van der Waals surface area (Å²) in [6.45, 7) is 6.63. The van der Waals surface area contributed by atoms with Crippen molar-refractivity contribution in [1.29, 1.82) is 0 Å². The molecule has 2 aliphatic rings. The monoisotopic (exact) mass is 514 g/mol. The number of methoxy groups -OCH3 is 1. The third kappa shape index (κ3) is 6.08. The predicted molar refractivity (Wildman–Crippen MR) is 144 cm³/mol. The minimum Gasteiger partial charge on any atom is -0.495 e. The number of likely N-dealkylation sites (N-methyl/N-ethyl adjacent to an activating group) is 1. The number of thiophene rings is 1. The number of nitrogens with zero attached hydrogens (tertiary/aromatic N) is 2. The number of esters is 1. The standard InChI is InChI=1S/C26H33N3O4S.CH5N/c1-26(2,3)33-25(31)20-14-18(22-8-7-11-34-22)24-17-13-19(27-23(30)15-28(4)5)21(32-6)12-16(17)9-10-29(20)24;1-2/h7-8,11-14,16-17H,9-10,15H2,1-6H3,(H,27,30);2H2,1H3. The first kappa shape index (κ1) is 27.7. The lowest BCUT2D eigenvalue weighted by Crippen LogP contribution is -2.36. The van der Waals surface area contributed by atoms with Crippen LogP contribution >= 0.6 is 11.3 Å². The maximum Gasteiger partial charge on any atom is 0.355 e. The van der Waals surface area contributed by atoms with Gasteiger partial charge in [0.1, 0.15) is 17.1 Å². The molecular weight excluding hydrogens is 476 g/mol. The lowest BCUT2D eigenvalue weighted by Gasteiger charge is -2.35. The van der Waals surface area contributed by atoms with Crippen LogP contribution in [0.5, 0.6) is 0 Å². The molecule has 3 heterocycles. The Morgan fingerprint density at radius 3 is 2.56 bits per heavy atom. The number of carbonyl (C=O) groups excluding carboxylic acids is 2. The molecule has 2 aromatic rings. The molecule has 2 aromatic heterocycles. The Bertz CT molecular complexity index is 1140. The van der Waals surface area contributed by atoms with Gasteiger partial charge in [0.15, 0.2) is 0 Å². The van der Waals surface area contributed by atoms with E-state index in [-0.39, 0.29) is 30.3 Å². The summed E-state index contributed by atoms with van der Waals surface area (Å²) in [6, 6.07) is 6.06. The lowest BCUT2D eigenvalue weighted by atomic mass is 9.79. The van der Waals surface area contributed by atoms with E-state index in [1.165, 1.54) is 7.05 Å². The third-order valence-electron chi connectivity index (χ3n) is 5.93. The third-order valence-corrected chi connectivity index (χ3v) is 6.83. The van der Waals surface area contributed by atoms with Crippen molar-refractivity contribution < 1.29 is 19.1 Å². The van der Waals surface area contributed by atoms with E-state index in [4.69, 9.17) is 9.47 Å². The maximum absolute atomic E-state index is 13.1. The largest absolute Gasteiger partial charge is 0.495 e. The highest BCUT2D eigenvalue weighted by molar-refractivity contribution is 7.13. The molecule has 0 bridgehead atoms. The molecule has 0 saturated carbocycles. The fourth-order valence-electron chi connectivity index (χ4n) is 4.65. The van der Waals surface area contributed by atoms with Gasteiger partial charge in [-0.05, 0) is 83.9 Å². The Labute approximate surface area is 217 Å². The number of aromatic nitrogens is 1. The van der Waals surface area contributed by atoms with Gasteiger partial charge in [-0.2, -0.15) is 0 Å². The smallest absolute Gasteiger partial charge is 0.355 e. The Morgan fingerprint density at radius 1 is 1.25 bits per heavy atom. The van der Waals surface area contributed by atoms with Gasteiger partial charge in [0.2, 0.25) is 5.91 Å². The van der Waals surface area contributed by atoms with Crippen LogP contribution in [-0.4, -0.2) is 61.7 Å². The molecule has 1 amide bonds. The number of allylic oxidation sites excluding steroid dienone is 2. The number of ether oxygens (including phenoxy) is 2. The van der Waals surface area contributed by atoms with Crippen molar-refractivity contribution in [1.82, 2.24) is 14.8 Å². The first-order valence-electron chi connectivity index (χ1n) is 12.1. The first-order chi connectivity index (χ1) is 17.1. The number of amides is 1. The zero-order valence-corrected chi connectivity index (χ0v) is 23.1. The summed E-state index contributed by atoms with van der Waals surface area (Å²) < 4.78 is 13.5. The van der Waals surface area contributed by atoms with Gasteiger partial charge >= 0.3 is 5.97 Å². The summed E-state index contributed by atoms with van der Waals surface area (Å²) in [5.41, 5.74) is 7.27. The van der Waals surface area contributed by atoms with E-state index in [1.807, 2.05) is 57.3 Å². The molecular formula is C27H38N4O4S. The Hall–Kier alpha value is -2.88. The van der Waals surface area contributed by atoms with Crippen LogP contribution in [0.4, 0.5) is 0 Å². The molecule has 3 N–H and O–H groups in total. The van der Waals surface area contributed by atoms with Gasteiger partial charge in [-0.15, -0.1) is 11.3 Å². The van der Waals surface area contributed by atoms with Crippen LogP contribution in [0.15, 0.2) is 47.2 Å². The second kappa shape index (κ2) is 11.5. The number of hydrogen-bond acceptors (Lipinski definition) is 7. The average Bonchev–Trinajstić information content (AvgIpc) is 3.46. The van der Waals surface area contributed by atoms with Crippen LogP contribution < -0.4 is 11.1 Å². The number of carbonyl (C=O) groups is 2. The summed E-state index contributed by atoms with van der Waals surface area (Å²) in [7, 11) is 6.84. The van der Waals surface area contributed by atoms with Crippen molar-refractivity contribution in [2.75, 3.05) is 34.8 Å². The van der Waals surface area contributed by atoms with Crippen molar-refractivity contribution >= 4 is 23.2 Å². The van der Waals surface area contributed by atoms with Gasteiger partial charge in [-0.3, -0.25) is 4.79 Å². The van der Waals surface area contributed by atoms with Crippen molar-refractivity contribution in [3.63, 3.8) is 0 Å². The molecule has 0 spiro atoms. The van der Waals surface area contributed by atoms with E-state index in [9.17, 15) is 9.59 Å². The fraction of sp³-hybridized carbons (Fsp3) is 0.481. The van der Waals surface area contributed by atoms with Gasteiger partial charge in [-0.25, -0.2) is 4.79 Å². The molecule has 4 rings (SSSR count). The highest BCUT2D eigenvalue weighted by Crippen LogP contribution is 2.46. The molecule has 2 unspecified atom stereocenters. The van der Waals surface area contributed by atoms with Gasteiger partial charge in [0.25, 0.3) is 0 Å². The topological polar surface area (TPSA) is 98.8 Å². The minimum atomic E-state index is -0.577. The Balaban J connectivity index is 0.00000176. The summed E-state index contributed by atoms with van der Waals surface area (Å²) in [6.07, 6.45) is 5.05. The Kier molecular flexibility index (Phi) is 8.81. The quantitative estimate of drug-likeness (QED) is 0.567. The summed E-state index contributed by atoms with van der Waals surface area (Å²) >= 11 is 1.65. The predicted octanol–water partition coefficient (Wildman–Crippen LogP) is 3.96. The molecule has 0 aromatic carbocycles. The van der Waals surface area contributed by atoms with Crippen molar-refractivity contribution in [2.45, 2.75) is 45.3 Å². The summed E-state index contributed by atoms with van der Waals surface area (Å²) in [4.78, 5) is 28.6. The zero-order chi connectivity index (χ0) is 26.6. The van der Waals surface area contributed by atoms with Crippen molar-refractivity contribution in [3.05, 3.63) is 58.6 Å². The molecule has 8 nitrogen and oxygen atoms in total. The maximum atomic E-state index is 13.1. The lowest BCUT2D eigenvalue weighted by molar-refractivity contribution is -0.121. The van der Waals surface area contributed by atoms with E-state index < -0.39 is 5.60 Å². The fourth-order valence-corrected chi connectivity index (χ4v) is 5.40. The number of hydrogen-bond donors (Lipinski definition) is 2. The van der Waals surface area contributed by atoms with Crippen molar-refractivity contribution in [3.8, 4) is 10.4 Å². The molecule has 2 atom stereocenters. The van der Waals surface area contributed by atoms with Gasteiger partial charge in [0.05, 0.1) is 19.4 Å². The molecule has 9 heteroatoms. The summed E-state index contributed by atoms with van der Waals surface area (Å²) in [5.74, 6) is 0.463. The number of rotatable bonds is 6. The molecule has 0 radical (unpaired) electrons. The van der Waals surface area contributed by atoms with E-state index in [0.717, 1.165) is 22.6 Å². The van der Waals surface area contributed by atoms with E-state index in [2.05, 4.69) is 33.8 Å². The van der Waals surface area contributed by atoms with Crippen molar-refractivity contribution in [2.24, 2.45) is 11.7 Å². The van der Waals surface area contributed by atoms with E-state index >= 15 is 0 Å². The van der Waals surface area contributed by atoms with Crippen LogP contribution in [0.1, 0.15) is 49.3 Å². The van der Waals surface area contributed by atoms with Gasteiger partial charge in [0, 0.05) is 28.6 Å². The molecule has 36 heavy (non-hydrogen) atoms. The molecule has 1 aliphatic heterocycles.